The zero-order chi connectivity index (χ0) is 31.3. The molecule has 1 rings (SSSR count). The molecule has 0 saturated carbocycles. The molecule has 5 atom stereocenters. The van der Waals surface area contributed by atoms with Crippen LogP contribution in [0.2, 0.25) is 0 Å². The Morgan fingerprint density at radius 1 is 0.683 bits per heavy atom. The Morgan fingerprint density at radius 3 is 1.59 bits per heavy atom. The second-order valence-corrected chi connectivity index (χ2v) is 8.91. The van der Waals surface area contributed by atoms with Gasteiger partial charge in [0.1, 0.15) is 31.5 Å². The summed E-state index contributed by atoms with van der Waals surface area (Å²) >= 11 is 0. The number of hydrogen-bond acceptors (Lipinski definition) is 15. The van der Waals surface area contributed by atoms with Crippen LogP contribution in [-0.4, -0.2) is 104 Å². The predicted octanol–water partition coefficient (Wildman–Crippen LogP) is -0.747. The van der Waals surface area contributed by atoms with E-state index < -0.39 is 104 Å². The summed E-state index contributed by atoms with van der Waals surface area (Å²) in [6, 6.07) is 0. The summed E-state index contributed by atoms with van der Waals surface area (Å²) in [4.78, 5) is 82.9. The molecule has 1 saturated heterocycles. The van der Waals surface area contributed by atoms with Crippen LogP contribution >= 0.6 is 0 Å². The SMILES string of the molecule is C=CC(=O)NC(COC(C)=O)(COC(C)=O)CO[C@@H]1O[C@H](COC(C)=O)[C@H](OC(C)=O)[C@H](OC(C)=O)[C@H]1OC(C)=O. The fourth-order valence-electron chi connectivity index (χ4n) is 3.59. The van der Waals surface area contributed by atoms with Crippen molar-refractivity contribution in [1.29, 1.82) is 0 Å². The molecule has 0 bridgehead atoms. The number of nitrogens with one attached hydrogen (secondary N) is 1. The second kappa shape index (κ2) is 16.3. The van der Waals surface area contributed by atoms with Crippen molar-refractivity contribution in [3.63, 3.8) is 0 Å². The van der Waals surface area contributed by atoms with E-state index in [9.17, 15) is 33.6 Å². The summed E-state index contributed by atoms with van der Waals surface area (Å²) in [5.74, 6) is -5.49. The van der Waals surface area contributed by atoms with E-state index in [1.807, 2.05) is 0 Å². The molecule has 0 aliphatic carbocycles. The molecule has 230 valence electrons. The van der Waals surface area contributed by atoms with Crippen LogP contribution in [-0.2, 0) is 71.5 Å². The average molecular weight is 590 g/mol. The lowest BCUT2D eigenvalue weighted by atomic mass is 9.97. The molecule has 0 unspecified atom stereocenters. The Labute approximate surface area is 235 Å². The highest BCUT2D eigenvalue weighted by Crippen LogP contribution is 2.30. The van der Waals surface area contributed by atoms with Crippen LogP contribution in [0.5, 0.6) is 0 Å². The van der Waals surface area contributed by atoms with E-state index in [1.165, 1.54) is 0 Å². The summed E-state index contributed by atoms with van der Waals surface area (Å²) < 4.78 is 42.8. The van der Waals surface area contributed by atoms with Crippen molar-refractivity contribution < 1.29 is 71.5 Å². The average Bonchev–Trinajstić information content (AvgIpc) is 2.85. The van der Waals surface area contributed by atoms with Gasteiger partial charge in [0.25, 0.3) is 0 Å². The first-order valence-electron chi connectivity index (χ1n) is 12.2. The Hall–Kier alpha value is -4.05. The third-order valence-electron chi connectivity index (χ3n) is 5.15. The van der Waals surface area contributed by atoms with Crippen molar-refractivity contribution in [2.24, 2.45) is 0 Å². The maximum Gasteiger partial charge on any atom is 0.303 e. The summed E-state index contributed by atoms with van der Waals surface area (Å²) in [5, 5.41) is 2.49. The van der Waals surface area contributed by atoms with Gasteiger partial charge in [-0.2, -0.15) is 0 Å². The largest absolute Gasteiger partial charge is 0.463 e. The molecule has 1 aliphatic heterocycles. The molecule has 1 heterocycles. The minimum atomic E-state index is -1.72. The van der Waals surface area contributed by atoms with E-state index in [0.29, 0.717) is 0 Å². The van der Waals surface area contributed by atoms with Gasteiger partial charge >= 0.3 is 35.8 Å². The summed E-state index contributed by atoms with van der Waals surface area (Å²) in [6.45, 7) is 7.62. The topological polar surface area (TPSA) is 205 Å². The summed E-state index contributed by atoms with van der Waals surface area (Å²) in [5.41, 5.74) is -1.72. The monoisotopic (exact) mass is 589 g/mol. The van der Waals surface area contributed by atoms with Gasteiger partial charge in [-0.25, -0.2) is 0 Å². The lowest BCUT2D eigenvalue weighted by molar-refractivity contribution is -0.311. The third-order valence-corrected chi connectivity index (χ3v) is 5.15. The number of rotatable bonds is 14. The molecular formula is C25H35NO15. The van der Waals surface area contributed by atoms with Crippen molar-refractivity contribution in [1.82, 2.24) is 5.32 Å². The molecule has 41 heavy (non-hydrogen) atoms. The van der Waals surface area contributed by atoms with Crippen LogP contribution in [0.25, 0.3) is 0 Å². The number of ether oxygens (including phenoxy) is 8. The van der Waals surface area contributed by atoms with Gasteiger partial charge in [0.05, 0.1) is 6.61 Å². The minimum absolute atomic E-state index is 0.503. The van der Waals surface area contributed by atoms with Crippen molar-refractivity contribution >= 4 is 41.7 Å². The Bertz CT molecular complexity index is 991. The van der Waals surface area contributed by atoms with Gasteiger partial charge in [-0.3, -0.25) is 33.6 Å². The quantitative estimate of drug-likeness (QED) is 0.150. The van der Waals surface area contributed by atoms with Crippen LogP contribution in [0.4, 0.5) is 0 Å². The highest BCUT2D eigenvalue weighted by molar-refractivity contribution is 5.87. The van der Waals surface area contributed by atoms with Crippen LogP contribution in [0, 0.1) is 0 Å². The summed E-state index contributed by atoms with van der Waals surface area (Å²) in [6.07, 6.45) is -6.52. The van der Waals surface area contributed by atoms with Gasteiger partial charge in [-0.15, -0.1) is 0 Å². The van der Waals surface area contributed by atoms with E-state index >= 15 is 0 Å². The van der Waals surface area contributed by atoms with Gasteiger partial charge in [0, 0.05) is 41.5 Å². The number of hydrogen-bond donors (Lipinski definition) is 1. The number of amides is 1. The maximum atomic E-state index is 12.3. The van der Waals surface area contributed by atoms with Crippen molar-refractivity contribution in [2.45, 2.75) is 77.8 Å². The molecule has 16 nitrogen and oxygen atoms in total. The van der Waals surface area contributed by atoms with Crippen molar-refractivity contribution in [2.75, 3.05) is 26.4 Å². The Balaban J connectivity index is 3.55. The summed E-state index contributed by atoms with van der Waals surface area (Å²) in [7, 11) is 0. The van der Waals surface area contributed by atoms with Crippen LogP contribution in [0.15, 0.2) is 12.7 Å². The number of esters is 6. The standard InChI is InChI=1S/C25H35NO15/c1-8-20(33)26-25(10-35-14(3)28,11-36-15(4)29)12-37-24-23(40-18(7)32)22(39-17(6)31)21(38-16(5)30)19(41-24)9-34-13(2)27/h8,19,21-24H,1,9-12H2,2-7H3,(H,26,33)/t19-,21+,22+,23-,24-/m1/s1. The molecule has 16 heteroatoms. The van der Waals surface area contributed by atoms with Crippen molar-refractivity contribution in [3.8, 4) is 0 Å². The zero-order valence-electron chi connectivity index (χ0n) is 23.6. The highest BCUT2D eigenvalue weighted by Gasteiger charge is 2.53. The minimum Gasteiger partial charge on any atom is -0.463 e. The Morgan fingerprint density at radius 2 is 1.15 bits per heavy atom. The Kier molecular flexibility index (Phi) is 13.9. The fourth-order valence-corrected chi connectivity index (χ4v) is 3.59. The maximum absolute atomic E-state index is 12.3. The van der Waals surface area contributed by atoms with Gasteiger partial charge < -0.3 is 43.2 Å². The van der Waals surface area contributed by atoms with E-state index in [2.05, 4.69) is 11.9 Å². The van der Waals surface area contributed by atoms with E-state index in [4.69, 9.17) is 37.9 Å². The molecular weight excluding hydrogens is 554 g/mol. The number of carbonyl (C=O) groups is 7. The fraction of sp³-hybridized carbons (Fsp3) is 0.640. The van der Waals surface area contributed by atoms with Gasteiger partial charge in [-0.1, -0.05) is 6.58 Å². The van der Waals surface area contributed by atoms with E-state index in [1.54, 1.807) is 0 Å². The lowest BCUT2D eigenvalue weighted by Gasteiger charge is -2.45. The van der Waals surface area contributed by atoms with E-state index in [0.717, 1.165) is 47.6 Å². The second-order valence-electron chi connectivity index (χ2n) is 8.91. The molecule has 0 spiro atoms. The lowest BCUT2D eigenvalue weighted by Crippen LogP contribution is -2.64. The molecule has 0 aromatic carbocycles. The molecule has 1 fully saturated rings. The normalized spacial score (nSPS) is 21.9. The molecule has 1 aliphatic rings. The predicted molar refractivity (Wildman–Crippen MR) is 132 cm³/mol. The first-order valence-corrected chi connectivity index (χ1v) is 12.2. The van der Waals surface area contributed by atoms with Gasteiger partial charge in [0.15, 0.2) is 24.6 Å². The first kappa shape index (κ1) is 35.0. The zero-order valence-corrected chi connectivity index (χ0v) is 23.6. The van der Waals surface area contributed by atoms with Crippen LogP contribution in [0.1, 0.15) is 41.5 Å². The van der Waals surface area contributed by atoms with Gasteiger partial charge in [-0.05, 0) is 6.08 Å². The molecule has 1 amide bonds. The highest BCUT2D eigenvalue weighted by atomic mass is 16.7. The molecule has 1 N–H and O–H groups in total. The smallest absolute Gasteiger partial charge is 0.303 e. The molecule has 0 aromatic heterocycles. The first-order chi connectivity index (χ1) is 19.1. The van der Waals surface area contributed by atoms with E-state index in [-0.39, 0.29) is 0 Å². The van der Waals surface area contributed by atoms with Gasteiger partial charge in [0.2, 0.25) is 5.91 Å². The van der Waals surface area contributed by atoms with Crippen LogP contribution < -0.4 is 5.32 Å². The molecule has 0 radical (unpaired) electrons. The molecule has 0 aromatic rings. The number of carbonyl (C=O) groups excluding carboxylic acids is 7. The van der Waals surface area contributed by atoms with Crippen molar-refractivity contribution in [3.05, 3.63) is 12.7 Å². The van der Waals surface area contributed by atoms with Crippen LogP contribution in [0.3, 0.4) is 0 Å². The third kappa shape index (κ3) is 12.3.